The molecule has 0 N–H and O–H groups in total. The molecule has 27 heavy (non-hydrogen) atoms. The Morgan fingerprint density at radius 2 is 1.93 bits per heavy atom. The summed E-state index contributed by atoms with van der Waals surface area (Å²) in [6.07, 6.45) is -1.02. The second-order valence-corrected chi connectivity index (χ2v) is 8.67. The molecule has 1 fully saturated rings. The molecule has 8 nitrogen and oxygen atoms in total. The smallest absolute Gasteiger partial charge is 0.428 e. The van der Waals surface area contributed by atoms with E-state index in [-0.39, 0.29) is 31.2 Å². The highest BCUT2D eigenvalue weighted by Crippen LogP contribution is 2.42. The monoisotopic (exact) mass is 517 g/mol. The molecule has 0 atom stereocenters. The van der Waals surface area contributed by atoms with E-state index in [1.807, 2.05) is 22.6 Å². The number of alkyl halides is 2. The summed E-state index contributed by atoms with van der Waals surface area (Å²) in [5, 5.41) is -5.16. The SMILES string of the molecule is O=C1OC2(CCC(OC(=O)C(F)(F)S(=O)(=O)[O-])CC2)Oc2cccc(I)c21. The number of hydrogen-bond donors (Lipinski definition) is 0. The van der Waals surface area contributed by atoms with Crippen molar-refractivity contribution in [1.82, 2.24) is 0 Å². The van der Waals surface area contributed by atoms with Gasteiger partial charge in [0.2, 0.25) is 0 Å². The normalized spacial score (nSPS) is 25.3. The van der Waals surface area contributed by atoms with Crippen molar-refractivity contribution in [3.8, 4) is 5.75 Å². The van der Waals surface area contributed by atoms with Crippen LogP contribution in [-0.4, -0.2) is 42.1 Å². The Morgan fingerprint density at radius 1 is 1.30 bits per heavy atom. The number of rotatable bonds is 3. The molecule has 0 bridgehead atoms. The van der Waals surface area contributed by atoms with E-state index in [0.29, 0.717) is 9.32 Å². The highest BCUT2D eigenvalue weighted by molar-refractivity contribution is 14.1. The van der Waals surface area contributed by atoms with Gasteiger partial charge in [0.15, 0.2) is 10.1 Å². The van der Waals surface area contributed by atoms with Crippen LogP contribution in [0.25, 0.3) is 0 Å². The van der Waals surface area contributed by atoms with Crippen LogP contribution < -0.4 is 4.74 Å². The standard InChI is InChI=1S/C15H13F2IO8S/c16-15(17,27(21,22)23)13(20)24-8-4-6-14(7-5-8)25-10-3-1-2-9(18)11(10)12(19)26-14/h1-3,8H,4-7H2,(H,21,22,23)/p-1. The van der Waals surface area contributed by atoms with Gasteiger partial charge in [0.25, 0.3) is 5.79 Å². The predicted molar refractivity (Wildman–Crippen MR) is 90.9 cm³/mol. The van der Waals surface area contributed by atoms with Crippen molar-refractivity contribution in [2.45, 2.75) is 42.8 Å². The number of fused-ring (bicyclic) bond motifs is 1. The van der Waals surface area contributed by atoms with E-state index in [4.69, 9.17) is 9.47 Å². The van der Waals surface area contributed by atoms with E-state index in [0.717, 1.165) is 0 Å². The quantitative estimate of drug-likeness (QED) is 0.340. The minimum absolute atomic E-state index is 0.0206. The number of carbonyl (C=O) groups is 2. The molecule has 148 valence electrons. The first-order valence-electron chi connectivity index (χ1n) is 7.70. The van der Waals surface area contributed by atoms with Crippen molar-refractivity contribution < 1.29 is 45.6 Å². The number of benzene rings is 1. The molecule has 1 aliphatic heterocycles. The van der Waals surface area contributed by atoms with Crippen LogP contribution in [-0.2, 0) is 24.4 Å². The van der Waals surface area contributed by atoms with Crippen molar-refractivity contribution in [3.05, 3.63) is 27.3 Å². The Kier molecular flexibility index (Phi) is 5.10. The van der Waals surface area contributed by atoms with Gasteiger partial charge in [-0.2, -0.15) is 8.78 Å². The van der Waals surface area contributed by atoms with Crippen molar-refractivity contribution in [1.29, 1.82) is 0 Å². The number of carbonyl (C=O) groups excluding carboxylic acids is 2. The summed E-state index contributed by atoms with van der Waals surface area (Å²) in [5.41, 5.74) is 0.289. The number of ether oxygens (including phenoxy) is 3. The molecule has 1 aromatic rings. The summed E-state index contributed by atoms with van der Waals surface area (Å²) in [6.45, 7) is 0. The molecule has 1 spiro atoms. The predicted octanol–water partition coefficient (Wildman–Crippen LogP) is 2.16. The third-order valence-corrected chi connectivity index (χ3v) is 5.97. The van der Waals surface area contributed by atoms with Gasteiger partial charge in [0.05, 0.1) is 0 Å². The third kappa shape index (κ3) is 3.74. The van der Waals surface area contributed by atoms with Gasteiger partial charge in [-0.15, -0.1) is 0 Å². The van der Waals surface area contributed by atoms with Crippen LogP contribution in [0.5, 0.6) is 5.75 Å². The van der Waals surface area contributed by atoms with Gasteiger partial charge in [-0.25, -0.2) is 18.0 Å². The molecule has 1 saturated carbocycles. The lowest BCUT2D eigenvalue weighted by Gasteiger charge is -2.42. The molecule has 2 aliphatic rings. The summed E-state index contributed by atoms with van der Waals surface area (Å²) >= 11 is 1.96. The summed E-state index contributed by atoms with van der Waals surface area (Å²) in [6, 6.07) is 5.01. The lowest BCUT2D eigenvalue weighted by atomic mass is 9.90. The Bertz CT molecular complexity index is 893. The molecule has 0 aromatic heterocycles. The number of halogens is 3. The third-order valence-electron chi connectivity index (χ3n) is 4.27. The van der Waals surface area contributed by atoms with E-state index in [1.165, 1.54) is 0 Å². The zero-order chi connectivity index (χ0) is 20.0. The molecule has 1 aromatic carbocycles. The fraction of sp³-hybridized carbons (Fsp3) is 0.467. The Balaban J connectivity index is 1.68. The summed E-state index contributed by atoms with van der Waals surface area (Å²) in [4.78, 5) is 23.6. The van der Waals surface area contributed by atoms with Gasteiger partial charge in [-0.1, -0.05) is 6.07 Å². The van der Waals surface area contributed by atoms with E-state index < -0.39 is 39.2 Å². The van der Waals surface area contributed by atoms with Crippen LogP contribution >= 0.6 is 22.6 Å². The maximum atomic E-state index is 13.2. The zero-order valence-electron chi connectivity index (χ0n) is 13.4. The van der Waals surface area contributed by atoms with Gasteiger partial charge in [0.1, 0.15) is 17.4 Å². The Labute approximate surface area is 166 Å². The van der Waals surface area contributed by atoms with Gasteiger partial charge >= 0.3 is 17.2 Å². The first-order chi connectivity index (χ1) is 12.5. The van der Waals surface area contributed by atoms with Gasteiger partial charge in [0, 0.05) is 16.4 Å². The maximum absolute atomic E-state index is 13.2. The van der Waals surface area contributed by atoms with E-state index >= 15 is 0 Å². The summed E-state index contributed by atoms with van der Waals surface area (Å²) in [5.74, 6) is -3.98. The van der Waals surface area contributed by atoms with Gasteiger partial charge in [-0.3, -0.25) is 0 Å². The fourth-order valence-corrected chi connectivity index (χ4v) is 3.85. The molecule has 0 radical (unpaired) electrons. The summed E-state index contributed by atoms with van der Waals surface area (Å²) in [7, 11) is -6.18. The second-order valence-electron chi connectivity index (χ2n) is 6.09. The van der Waals surface area contributed by atoms with Crippen LogP contribution in [0.15, 0.2) is 18.2 Å². The van der Waals surface area contributed by atoms with Crippen LogP contribution in [0, 0.1) is 3.57 Å². The van der Waals surface area contributed by atoms with Crippen LogP contribution in [0.3, 0.4) is 0 Å². The number of esters is 2. The zero-order valence-corrected chi connectivity index (χ0v) is 16.4. The lowest BCUT2D eigenvalue weighted by molar-refractivity contribution is -0.196. The Hall–Kier alpha value is -1.54. The van der Waals surface area contributed by atoms with Gasteiger partial charge < -0.3 is 18.8 Å². The molecule has 1 heterocycles. The first-order valence-corrected chi connectivity index (χ1v) is 10.2. The van der Waals surface area contributed by atoms with Crippen molar-refractivity contribution in [3.63, 3.8) is 0 Å². The average Bonchev–Trinajstić information content (AvgIpc) is 2.55. The van der Waals surface area contributed by atoms with Crippen molar-refractivity contribution in [2.75, 3.05) is 0 Å². The molecule has 1 aliphatic carbocycles. The first kappa shape index (κ1) is 20.2. The molecule has 0 amide bonds. The topological polar surface area (TPSA) is 119 Å². The maximum Gasteiger partial charge on any atom is 0.428 e. The molecule has 0 unspecified atom stereocenters. The van der Waals surface area contributed by atoms with Gasteiger partial charge in [-0.05, 0) is 47.6 Å². The van der Waals surface area contributed by atoms with E-state index in [9.17, 15) is 31.3 Å². The molecule has 12 heteroatoms. The Morgan fingerprint density at radius 3 is 2.52 bits per heavy atom. The molecule has 3 rings (SSSR count). The fourth-order valence-electron chi connectivity index (χ4n) is 2.90. The summed E-state index contributed by atoms with van der Waals surface area (Å²) < 4.78 is 74.2. The minimum atomic E-state index is -6.18. The largest absolute Gasteiger partial charge is 0.743 e. The van der Waals surface area contributed by atoms with Crippen LogP contribution in [0.2, 0.25) is 0 Å². The molecular formula is C15H12F2IO8S-. The number of hydrogen-bond acceptors (Lipinski definition) is 8. The molecule has 0 saturated heterocycles. The van der Waals surface area contributed by atoms with Crippen molar-refractivity contribution >= 4 is 44.6 Å². The highest BCUT2D eigenvalue weighted by atomic mass is 127. The van der Waals surface area contributed by atoms with Crippen LogP contribution in [0.1, 0.15) is 36.0 Å². The van der Waals surface area contributed by atoms with E-state index in [1.54, 1.807) is 18.2 Å². The van der Waals surface area contributed by atoms with Crippen molar-refractivity contribution in [2.24, 2.45) is 0 Å². The second kappa shape index (κ2) is 6.81. The van der Waals surface area contributed by atoms with Crippen LogP contribution in [0.4, 0.5) is 8.78 Å². The molecular weight excluding hydrogens is 505 g/mol. The average molecular weight is 517 g/mol. The van der Waals surface area contributed by atoms with E-state index in [2.05, 4.69) is 4.74 Å². The highest BCUT2D eigenvalue weighted by Gasteiger charge is 2.51. The lowest BCUT2D eigenvalue weighted by Crippen LogP contribution is -2.49. The minimum Gasteiger partial charge on any atom is -0.743 e.